The standard InChI is InChI=1S/C12H17FOS/c1-2-7-15-9-12(14)8-10-3-5-11(13)6-4-10/h3-6,12,14H,2,7-9H2,1H3. The molecule has 15 heavy (non-hydrogen) atoms. The van der Waals surface area contributed by atoms with Crippen LogP contribution in [0.25, 0.3) is 0 Å². The number of aliphatic hydroxyl groups excluding tert-OH is 1. The maximum absolute atomic E-state index is 12.6. The Morgan fingerprint density at radius 3 is 2.60 bits per heavy atom. The second-order valence-corrected chi connectivity index (χ2v) is 4.71. The van der Waals surface area contributed by atoms with Crippen molar-refractivity contribution in [3.8, 4) is 0 Å². The lowest BCUT2D eigenvalue weighted by Crippen LogP contribution is -2.13. The first kappa shape index (κ1) is 12.5. The number of halogens is 1. The molecule has 0 radical (unpaired) electrons. The molecule has 1 aromatic rings. The molecule has 0 bridgehead atoms. The van der Waals surface area contributed by atoms with Crippen LogP contribution in [-0.4, -0.2) is 22.7 Å². The number of rotatable bonds is 6. The third-order valence-electron chi connectivity index (χ3n) is 2.04. The molecular weight excluding hydrogens is 211 g/mol. The summed E-state index contributed by atoms with van der Waals surface area (Å²) >= 11 is 1.76. The smallest absolute Gasteiger partial charge is 0.123 e. The molecule has 0 saturated heterocycles. The van der Waals surface area contributed by atoms with E-state index < -0.39 is 0 Å². The monoisotopic (exact) mass is 228 g/mol. The lowest BCUT2D eigenvalue weighted by molar-refractivity contribution is 0.200. The van der Waals surface area contributed by atoms with E-state index >= 15 is 0 Å². The van der Waals surface area contributed by atoms with Crippen molar-refractivity contribution >= 4 is 11.8 Å². The molecule has 1 rings (SSSR count). The van der Waals surface area contributed by atoms with E-state index in [1.807, 2.05) is 0 Å². The van der Waals surface area contributed by atoms with Crippen molar-refractivity contribution in [2.75, 3.05) is 11.5 Å². The molecule has 0 spiro atoms. The van der Waals surface area contributed by atoms with Crippen LogP contribution in [0.4, 0.5) is 4.39 Å². The summed E-state index contributed by atoms with van der Waals surface area (Å²) < 4.78 is 12.6. The van der Waals surface area contributed by atoms with Gasteiger partial charge in [0.25, 0.3) is 0 Å². The van der Waals surface area contributed by atoms with Gasteiger partial charge in [0, 0.05) is 5.75 Å². The van der Waals surface area contributed by atoms with Crippen LogP contribution in [0.3, 0.4) is 0 Å². The highest BCUT2D eigenvalue weighted by atomic mass is 32.2. The maximum atomic E-state index is 12.6. The summed E-state index contributed by atoms with van der Waals surface area (Å²) in [6.45, 7) is 2.12. The highest BCUT2D eigenvalue weighted by molar-refractivity contribution is 7.99. The summed E-state index contributed by atoms with van der Waals surface area (Å²) in [5.41, 5.74) is 0.987. The highest BCUT2D eigenvalue weighted by Crippen LogP contribution is 2.10. The second-order valence-electron chi connectivity index (χ2n) is 3.56. The van der Waals surface area contributed by atoms with Crippen LogP contribution in [0.5, 0.6) is 0 Å². The summed E-state index contributed by atoms with van der Waals surface area (Å²) in [7, 11) is 0. The first-order valence-electron chi connectivity index (χ1n) is 5.22. The molecule has 84 valence electrons. The van der Waals surface area contributed by atoms with Gasteiger partial charge in [-0.25, -0.2) is 4.39 Å². The summed E-state index contributed by atoms with van der Waals surface area (Å²) in [5, 5.41) is 9.68. The van der Waals surface area contributed by atoms with Gasteiger partial charge in [-0.1, -0.05) is 19.1 Å². The van der Waals surface area contributed by atoms with Gasteiger partial charge in [-0.15, -0.1) is 0 Å². The van der Waals surface area contributed by atoms with E-state index in [0.29, 0.717) is 6.42 Å². The van der Waals surface area contributed by atoms with E-state index in [4.69, 9.17) is 0 Å². The van der Waals surface area contributed by atoms with Gasteiger partial charge in [-0.2, -0.15) is 11.8 Å². The minimum Gasteiger partial charge on any atom is -0.392 e. The van der Waals surface area contributed by atoms with Gasteiger partial charge in [-0.05, 0) is 36.3 Å². The summed E-state index contributed by atoms with van der Waals surface area (Å²) in [5.74, 6) is 1.61. The van der Waals surface area contributed by atoms with Gasteiger partial charge >= 0.3 is 0 Å². The van der Waals surface area contributed by atoms with E-state index in [-0.39, 0.29) is 11.9 Å². The van der Waals surface area contributed by atoms with E-state index in [1.165, 1.54) is 12.1 Å². The number of hydrogen-bond donors (Lipinski definition) is 1. The molecule has 0 saturated carbocycles. The molecule has 0 aliphatic heterocycles. The van der Waals surface area contributed by atoms with Crippen molar-refractivity contribution in [1.29, 1.82) is 0 Å². The first-order valence-corrected chi connectivity index (χ1v) is 6.38. The fraction of sp³-hybridized carbons (Fsp3) is 0.500. The predicted molar refractivity (Wildman–Crippen MR) is 63.7 cm³/mol. The molecule has 0 aliphatic rings. The molecule has 0 fully saturated rings. The summed E-state index contributed by atoms with van der Waals surface area (Å²) in [6.07, 6.45) is 1.41. The van der Waals surface area contributed by atoms with E-state index in [1.54, 1.807) is 23.9 Å². The minimum atomic E-state index is -0.327. The van der Waals surface area contributed by atoms with Crippen LogP contribution in [0.15, 0.2) is 24.3 Å². The zero-order valence-corrected chi connectivity index (χ0v) is 9.77. The average molecular weight is 228 g/mol. The van der Waals surface area contributed by atoms with Crippen LogP contribution in [-0.2, 0) is 6.42 Å². The molecule has 0 amide bonds. The fourth-order valence-electron chi connectivity index (χ4n) is 1.32. The topological polar surface area (TPSA) is 20.2 Å². The Kier molecular flexibility index (Phi) is 5.73. The minimum absolute atomic E-state index is 0.228. The lowest BCUT2D eigenvalue weighted by Gasteiger charge is -2.09. The van der Waals surface area contributed by atoms with Crippen molar-refractivity contribution in [3.05, 3.63) is 35.6 Å². The van der Waals surface area contributed by atoms with E-state index in [2.05, 4.69) is 6.92 Å². The Hall–Kier alpha value is -0.540. The Morgan fingerprint density at radius 2 is 2.00 bits per heavy atom. The molecule has 1 nitrogen and oxygen atoms in total. The van der Waals surface area contributed by atoms with E-state index in [9.17, 15) is 9.50 Å². The molecule has 1 atom stereocenters. The predicted octanol–water partition coefficient (Wildman–Crippen LogP) is 2.87. The zero-order valence-electron chi connectivity index (χ0n) is 8.95. The molecule has 3 heteroatoms. The van der Waals surface area contributed by atoms with Gasteiger partial charge < -0.3 is 5.11 Å². The number of hydrogen-bond acceptors (Lipinski definition) is 2. The van der Waals surface area contributed by atoms with Crippen LogP contribution in [0.2, 0.25) is 0 Å². The first-order chi connectivity index (χ1) is 7.22. The molecule has 0 heterocycles. The van der Waals surface area contributed by atoms with Gasteiger partial charge in [0.2, 0.25) is 0 Å². The zero-order chi connectivity index (χ0) is 11.1. The summed E-state index contributed by atoms with van der Waals surface area (Å²) in [4.78, 5) is 0. The Bertz CT molecular complexity index is 273. The van der Waals surface area contributed by atoms with Crippen molar-refractivity contribution < 1.29 is 9.50 Å². The summed E-state index contributed by atoms with van der Waals surface area (Å²) in [6, 6.07) is 6.31. The molecule has 0 aromatic heterocycles. The Labute approximate surface area is 94.7 Å². The third-order valence-corrected chi connectivity index (χ3v) is 3.36. The SMILES string of the molecule is CCCSCC(O)Cc1ccc(F)cc1. The van der Waals surface area contributed by atoms with Gasteiger partial charge in [0.15, 0.2) is 0 Å². The third kappa shape index (κ3) is 5.19. The van der Waals surface area contributed by atoms with Gasteiger partial charge in [0.05, 0.1) is 6.10 Å². The number of benzene rings is 1. The van der Waals surface area contributed by atoms with Crippen molar-refractivity contribution in [2.45, 2.75) is 25.9 Å². The van der Waals surface area contributed by atoms with Crippen LogP contribution in [0, 0.1) is 5.82 Å². The maximum Gasteiger partial charge on any atom is 0.123 e. The normalized spacial score (nSPS) is 12.7. The van der Waals surface area contributed by atoms with Crippen molar-refractivity contribution in [1.82, 2.24) is 0 Å². The molecule has 1 unspecified atom stereocenters. The van der Waals surface area contributed by atoms with E-state index in [0.717, 1.165) is 23.5 Å². The highest BCUT2D eigenvalue weighted by Gasteiger charge is 2.05. The number of aliphatic hydroxyl groups is 1. The lowest BCUT2D eigenvalue weighted by atomic mass is 10.1. The molecule has 1 aromatic carbocycles. The van der Waals surface area contributed by atoms with Crippen LogP contribution in [0.1, 0.15) is 18.9 Å². The second kappa shape index (κ2) is 6.85. The van der Waals surface area contributed by atoms with Gasteiger partial charge in [0.1, 0.15) is 5.82 Å². The van der Waals surface area contributed by atoms with Crippen LogP contribution < -0.4 is 0 Å². The average Bonchev–Trinajstić information content (AvgIpc) is 2.22. The van der Waals surface area contributed by atoms with Crippen molar-refractivity contribution in [2.24, 2.45) is 0 Å². The Balaban J connectivity index is 2.31. The van der Waals surface area contributed by atoms with Crippen molar-refractivity contribution in [3.63, 3.8) is 0 Å². The number of thioether (sulfide) groups is 1. The quantitative estimate of drug-likeness (QED) is 0.755. The molecule has 1 N–H and O–H groups in total. The van der Waals surface area contributed by atoms with Gasteiger partial charge in [-0.3, -0.25) is 0 Å². The van der Waals surface area contributed by atoms with Crippen LogP contribution >= 0.6 is 11.8 Å². The fourth-order valence-corrected chi connectivity index (χ4v) is 2.16. The molecular formula is C12H17FOS. The largest absolute Gasteiger partial charge is 0.392 e. The molecule has 0 aliphatic carbocycles. The Morgan fingerprint density at radius 1 is 1.33 bits per heavy atom.